The highest BCUT2D eigenvalue weighted by Gasteiger charge is 2.18. The Labute approximate surface area is 157 Å². The van der Waals surface area contributed by atoms with Crippen LogP contribution in [0.15, 0.2) is 54.6 Å². The topological polar surface area (TPSA) is 93.7 Å². The predicted molar refractivity (Wildman–Crippen MR) is 101 cm³/mol. The van der Waals surface area contributed by atoms with Gasteiger partial charge in [-0.25, -0.2) is 0 Å². The Bertz CT molecular complexity index is 775. The minimum absolute atomic E-state index is 0.0396. The number of benzene rings is 2. The molecule has 2 N–H and O–H groups in total. The molecule has 2 aromatic rings. The summed E-state index contributed by atoms with van der Waals surface area (Å²) in [6.45, 7) is 3.08. The maximum Gasteiger partial charge on any atom is 0.310 e. The van der Waals surface area contributed by atoms with E-state index >= 15 is 0 Å². The molecular weight excluding hydrogens is 348 g/mol. The van der Waals surface area contributed by atoms with Crippen LogP contribution in [0.4, 0.5) is 11.4 Å². The second-order valence-corrected chi connectivity index (χ2v) is 5.79. The van der Waals surface area contributed by atoms with E-state index in [1.54, 1.807) is 36.4 Å². The van der Waals surface area contributed by atoms with Crippen molar-refractivity contribution in [1.82, 2.24) is 0 Å². The molecule has 0 spiro atoms. The molecule has 0 aliphatic rings. The van der Waals surface area contributed by atoms with Crippen LogP contribution in [-0.4, -0.2) is 30.5 Å². The average Bonchev–Trinajstić information content (AvgIpc) is 2.63. The average molecular weight is 370 g/mol. The van der Waals surface area contributed by atoms with E-state index in [4.69, 9.17) is 9.47 Å². The molecule has 0 aromatic heterocycles. The predicted octanol–water partition coefficient (Wildman–Crippen LogP) is 2.98. The van der Waals surface area contributed by atoms with Crippen molar-refractivity contribution in [3.8, 4) is 5.75 Å². The molecule has 7 nitrogen and oxygen atoms in total. The van der Waals surface area contributed by atoms with E-state index in [1.165, 1.54) is 13.8 Å². The van der Waals surface area contributed by atoms with Gasteiger partial charge in [-0.15, -0.1) is 0 Å². The zero-order valence-electron chi connectivity index (χ0n) is 15.2. The van der Waals surface area contributed by atoms with Crippen molar-refractivity contribution in [3.63, 3.8) is 0 Å². The maximum absolute atomic E-state index is 12.1. The van der Waals surface area contributed by atoms with Gasteiger partial charge in [-0.3, -0.25) is 14.4 Å². The summed E-state index contributed by atoms with van der Waals surface area (Å²) in [5, 5.41) is 5.28. The van der Waals surface area contributed by atoms with Crippen LogP contribution >= 0.6 is 0 Å². The first kappa shape index (κ1) is 20.0. The van der Waals surface area contributed by atoms with E-state index in [1.807, 2.05) is 18.2 Å². The van der Waals surface area contributed by atoms with Crippen LogP contribution in [0.3, 0.4) is 0 Å². The number of hydrogen-bond acceptors (Lipinski definition) is 5. The lowest BCUT2D eigenvalue weighted by Gasteiger charge is -2.14. The maximum atomic E-state index is 12.1. The van der Waals surface area contributed by atoms with Crippen LogP contribution in [-0.2, 0) is 19.1 Å². The number of esters is 1. The fraction of sp³-hybridized carbons (Fsp3) is 0.250. The molecule has 0 radical (unpaired) electrons. The Hall–Kier alpha value is -3.35. The van der Waals surface area contributed by atoms with Gasteiger partial charge in [0.25, 0.3) is 5.91 Å². The lowest BCUT2D eigenvalue weighted by Crippen LogP contribution is -2.30. The molecule has 0 saturated carbocycles. The number of rotatable bonds is 8. The molecule has 7 heteroatoms. The number of anilines is 2. The zero-order valence-corrected chi connectivity index (χ0v) is 15.2. The fourth-order valence-electron chi connectivity index (χ4n) is 2.16. The molecule has 0 heterocycles. The summed E-state index contributed by atoms with van der Waals surface area (Å²) in [6.07, 6.45) is -0.901. The number of ether oxygens (including phenoxy) is 2. The van der Waals surface area contributed by atoms with Crippen LogP contribution in [0.1, 0.15) is 20.3 Å². The highest BCUT2D eigenvalue weighted by molar-refractivity contribution is 5.95. The van der Waals surface area contributed by atoms with Crippen molar-refractivity contribution in [2.75, 3.05) is 17.2 Å². The van der Waals surface area contributed by atoms with Gasteiger partial charge in [-0.1, -0.05) is 18.2 Å². The van der Waals surface area contributed by atoms with Gasteiger partial charge in [-0.05, 0) is 43.3 Å². The number of para-hydroxylation sites is 1. The summed E-state index contributed by atoms with van der Waals surface area (Å²) < 4.78 is 10.5. The largest absolute Gasteiger partial charge is 0.493 e. The van der Waals surface area contributed by atoms with Gasteiger partial charge < -0.3 is 20.1 Å². The Morgan fingerprint density at radius 2 is 1.52 bits per heavy atom. The molecule has 0 aliphatic heterocycles. The van der Waals surface area contributed by atoms with Crippen LogP contribution in [0, 0.1) is 0 Å². The minimum atomic E-state index is -0.941. The Morgan fingerprint density at radius 3 is 2.11 bits per heavy atom. The molecule has 0 saturated heterocycles. The molecular formula is C20H22N2O5. The SMILES string of the molecule is CC(=O)Nc1ccc(NC(=O)[C@H](C)OC(=O)CCOc2ccccc2)cc1. The Balaban J connectivity index is 1.74. The van der Waals surface area contributed by atoms with Gasteiger partial charge in [0.2, 0.25) is 5.91 Å². The first-order chi connectivity index (χ1) is 12.9. The van der Waals surface area contributed by atoms with Crippen LogP contribution in [0.25, 0.3) is 0 Å². The van der Waals surface area contributed by atoms with Gasteiger partial charge >= 0.3 is 5.97 Å². The van der Waals surface area contributed by atoms with Gasteiger partial charge in [0.05, 0.1) is 13.0 Å². The van der Waals surface area contributed by atoms with Gasteiger partial charge in [-0.2, -0.15) is 0 Å². The number of carbonyl (C=O) groups is 3. The van der Waals surface area contributed by atoms with Crippen LogP contribution in [0.2, 0.25) is 0 Å². The van der Waals surface area contributed by atoms with Crippen molar-refractivity contribution < 1.29 is 23.9 Å². The zero-order chi connectivity index (χ0) is 19.6. The van der Waals surface area contributed by atoms with Crippen molar-refractivity contribution in [2.24, 2.45) is 0 Å². The smallest absolute Gasteiger partial charge is 0.310 e. The standard InChI is InChI=1S/C20H22N2O5/c1-14(27-19(24)12-13-26-18-6-4-3-5-7-18)20(25)22-17-10-8-16(9-11-17)21-15(2)23/h3-11,14H,12-13H2,1-2H3,(H,21,23)(H,22,25)/t14-/m0/s1. The summed E-state index contributed by atoms with van der Waals surface area (Å²) >= 11 is 0. The summed E-state index contributed by atoms with van der Waals surface area (Å²) in [5.41, 5.74) is 1.16. The summed E-state index contributed by atoms with van der Waals surface area (Å²) in [5.74, 6) is -0.475. The minimum Gasteiger partial charge on any atom is -0.493 e. The lowest BCUT2D eigenvalue weighted by atomic mass is 10.2. The second-order valence-electron chi connectivity index (χ2n) is 5.79. The third-order valence-corrected chi connectivity index (χ3v) is 3.47. The molecule has 2 rings (SSSR count). The van der Waals surface area contributed by atoms with E-state index in [9.17, 15) is 14.4 Å². The third-order valence-electron chi connectivity index (χ3n) is 3.47. The monoisotopic (exact) mass is 370 g/mol. The summed E-state index contributed by atoms with van der Waals surface area (Å²) in [4.78, 5) is 34.9. The molecule has 2 aromatic carbocycles. The Kier molecular flexibility index (Phi) is 7.37. The van der Waals surface area contributed by atoms with E-state index in [0.717, 1.165) is 0 Å². The van der Waals surface area contributed by atoms with Crippen molar-refractivity contribution in [1.29, 1.82) is 0 Å². The first-order valence-electron chi connectivity index (χ1n) is 8.50. The van der Waals surface area contributed by atoms with Gasteiger partial charge in [0.15, 0.2) is 6.10 Å². The Morgan fingerprint density at radius 1 is 0.926 bits per heavy atom. The van der Waals surface area contributed by atoms with Crippen molar-refractivity contribution in [3.05, 3.63) is 54.6 Å². The van der Waals surface area contributed by atoms with Crippen molar-refractivity contribution >= 4 is 29.2 Å². The second kappa shape index (κ2) is 9.96. The van der Waals surface area contributed by atoms with E-state index < -0.39 is 18.0 Å². The molecule has 2 amide bonds. The van der Waals surface area contributed by atoms with Gasteiger partial charge in [0.1, 0.15) is 5.75 Å². The molecule has 0 fully saturated rings. The highest BCUT2D eigenvalue weighted by Crippen LogP contribution is 2.14. The van der Waals surface area contributed by atoms with Crippen LogP contribution < -0.4 is 15.4 Å². The normalized spacial score (nSPS) is 11.2. The summed E-state index contributed by atoms with van der Waals surface area (Å²) in [7, 11) is 0. The van der Waals surface area contributed by atoms with E-state index in [-0.39, 0.29) is 18.9 Å². The van der Waals surface area contributed by atoms with Gasteiger partial charge in [0, 0.05) is 18.3 Å². The van der Waals surface area contributed by atoms with E-state index in [0.29, 0.717) is 17.1 Å². The fourth-order valence-corrected chi connectivity index (χ4v) is 2.16. The number of carbonyl (C=O) groups excluding carboxylic acids is 3. The molecule has 142 valence electrons. The van der Waals surface area contributed by atoms with E-state index in [2.05, 4.69) is 10.6 Å². The highest BCUT2D eigenvalue weighted by atomic mass is 16.5. The number of amides is 2. The molecule has 0 unspecified atom stereocenters. The molecule has 0 bridgehead atoms. The van der Waals surface area contributed by atoms with Crippen LogP contribution in [0.5, 0.6) is 5.75 Å². The molecule has 27 heavy (non-hydrogen) atoms. The summed E-state index contributed by atoms with van der Waals surface area (Å²) in [6, 6.07) is 15.7. The number of nitrogens with one attached hydrogen (secondary N) is 2. The van der Waals surface area contributed by atoms with Crippen molar-refractivity contribution in [2.45, 2.75) is 26.4 Å². The molecule has 0 aliphatic carbocycles. The quantitative estimate of drug-likeness (QED) is 0.697. The third kappa shape index (κ3) is 7.19. The lowest BCUT2D eigenvalue weighted by molar-refractivity contribution is -0.153. The number of hydrogen-bond donors (Lipinski definition) is 2. The molecule has 1 atom stereocenters. The first-order valence-corrected chi connectivity index (χ1v) is 8.50.